The number of thiophene rings is 1. The number of nitrogens with two attached hydrogens (primary N) is 1. The van der Waals surface area contributed by atoms with Crippen molar-refractivity contribution in [1.29, 1.82) is 0 Å². The minimum Gasteiger partial charge on any atom is -0.478 e. The maximum atomic E-state index is 11.8. The molecule has 0 aliphatic heterocycles. The van der Waals surface area contributed by atoms with Gasteiger partial charge in [-0.3, -0.25) is 0 Å². The molecule has 1 rings (SSSR count). The molecule has 0 spiro atoms. The van der Waals surface area contributed by atoms with Crippen LogP contribution in [0.2, 0.25) is 0 Å². The maximum absolute atomic E-state index is 11.8. The van der Waals surface area contributed by atoms with E-state index in [2.05, 4.69) is 18.8 Å². The van der Waals surface area contributed by atoms with Crippen molar-refractivity contribution in [2.45, 2.75) is 76.9 Å². The molecule has 0 saturated carbocycles. The summed E-state index contributed by atoms with van der Waals surface area (Å²) in [6.07, 6.45) is 11.6. The Kier molecular flexibility index (Phi) is 13.5. The molecule has 1 heterocycles. The third kappa shape index (κ3) is 11.1. The predicted molar refractivity (Wildman–Crippen MR) is 119 cm³/mol. The Hall–Kier alpha value is -2.14. The monoisotopic (exact) mass is 435 g/mol. The van der Waals surface area contributed by atoms with Gasteiger partial charge in [0, 0.05) is 34.4 Å². The number of hydrogen-bond donors (Lipinski definition) is 3. The van der Waals surface area contributed by atoms with Crippen molar-refractivity contribution in [3.8, 4) is 11.8 Å². The molecule has 30 heavy (non-hydrogen) atoms. The van der Waals surface area contributed by atoms with Gasteiger partial charge in [-0.15, -0.1) is 11.3 Å². The van der Waals surface area contributed by atoms with Gasteiger partial charge < -0.3 is 20.7 Å². The molecule has 0 saturated heterocycles. The van der Waals surface area contributed by atoms with Crippen molar-refractivity contribution in [1.82, 2.24) is 0 Å². The Morgan fingerprint density at radius 2 is 1.83 bits per heavy atom. The van der Waals surface area contributed by atoms with Gasteiger partial charge in [-0.1, -0.05) is 63.7 Å². The van der Waals surface area contributed by atoms with E-state index in [1.807, 2.05) is 5.38 Å². The molecule has 2 atom stereocenters. The Balaban J connectivity index is 2.51. The zero-order chi connectivity index (χ0) is 22.2. The molecule has 7 heteroatoms. The van der Waals surface area contributed by atoms with E-state index in [0.29, 0.717) is 11.0 Å². The number of carbonyl (C=O) groups is 2. The molecule has 1 aromatic rings. The largest absolute Gasteiger partial charge is 0.478 e. The number of aliphatic hydroxyl groups is 1. The molecule has 1 unspecified atom stereocenters. The van der Waals surface area contributed by atoms with Crippen molar-refractivity contribution >= 4 is 23.3 Å². The van der Waals surface area contributed by atoms with Crippen LogP contribution in [0, 0.1) is 11.8 Å². The number of carboxylic acids is 1. The smallest absolute Gasteiger partial charge is 0.331 e. The van der Waals surface area contributed by atoms with Crippen LogP contribution >= 0.6 is 11.3 Å². The van der Waals surface area contributed by atoms with Crippen LogP contribution < -0.4 is 5.73 Å². The molecule has 1 aromatic heterocycles. The van der Waals surface area contributed by atoms with E-state index in [0.717, 1.165) is 24.5 Å². The first-order valence-electron chi connectivity index (χ1n) is 10.5. The van der Waals surface area contributed by atoms with E-state index in [4.69, 9.17) is 15.6 Å². The molecule has 0 amide bonds. The summed E-state index contributed by atoms with van der Waals surface area (Å²) in [7, 11) is 0. The van der Waals surface area contributed by atoms with Gasteiger partial charge in [0.1, 0.15) is 0 Å². The normalized spacial score (nSPS) is 12.9. The number of ether oxygens (including phenoxy) is 1. The van der Waals surface area contributed by atoms with E-state index in [9.17, 15) is 14.7 Å². The maximum Gasteiger partial charge on any atom is 0.331 e. The summed E-state index contributed by atoms with van der Waals surface area (Å²) in [5.74, 6) is 4.21. The van der Waals surface area contributed by atoms with E-state index in [1.165, 1.54) is 56.3 Å². The number of unbranched alkanes of at least 4 members (excludes halogenated alkanes) is 8. The predicted octanol–water partition coefficient (Wildman–Crippen LogP) is 4.18. The summed E-state index contributed by atoms with van der Waals surface area (Å²) in [5, 5.41) is 19.8. The second kappa shape index (κ2) is 15.7. The first-order chi connectivity index (χ1) is 14.5. The second-order valence-electron chi connectivity index (χ2n) is 7.14. The van der Waals surface area contributed by atoms with E-state index in [1.54, 1.807) is 6.07 Å². The molecule has 0 bridgehead atoms. The number of carboxylic acid groups (broad SMARTS) is 1. The van der Waals surface area contributed by atoms with Gasteiger partial charge in [0.05, 0.1) is 12.6 Å². The summed E-state index contributed by atoms with van der Waals surface area (Å²) < 4.78 is 5.25. The lowest BCUT2D eigenvalue weighted by atomic mass is 10.1. The summed E-state index contributed by atoms with van der Waals surface area (Å²) in [4.78, 5) is 23.0. The third-order valence-corrected chi connectivity index (χ3v) is 5.49. The molecule has 0 fully saturated rings. The highest BCUT2D eigenvalue weighted by atomic mass is 32.1. The number of carbonyl (C=O) groups excluding carboxylic acids is 1. The fourth-order valence-electron chi connectivity index (χ4n) is 2.84. The molecule has 166 valence electrons. The van der Waals surface area contributed by atoms with Gasteiger partial charge in [-0.25, -0.2) is 9.59 Å². The van der Waals surface area contributed by atoms with E-state index >= 15 is 0 Å². The Morgan fingerprint density at radius 3 is 2.47 bits per heavy atom. The molecule has 0 aliphatic rings. The lowest BCUT2D eigenvalue weighted by Gasteiger charge is -2.20. The highest BCUT2D eigenvalue weighted by molar-refractivity contribution is 7.10. The van der Waals surface area contributed by atoms with Crippen molar-refractivity contribution in [2.75, 3.05) is 6.61 Å². The third-order valence-electron chi connectivity index (χ3n) is 4.49. The summed E-state index contributed by atoms with van der Waals surface area (Å²) >= 11 is 1.34. The fraction of sp³-hybridized carbons (Fsp3) is 0.565. The zero-order valence-electron chi connectivity index (χ0n) is 17.6. The van der Waals surface area contributed by atoms with Gasteiger partial charge in [0.15, 0.2) is 6.10 Å². The number of aliphatic hydroxyl groups excluding tert-OH is 1. The van der Waals surface area contributed by atoms with Crippen LogP contribution in [-0.2, 0) is 14.3 Å². The average molecular weight is 436 g/mol. The van der Waals surface area contributed by atoms with Crippen molar-refractivity contribution < 1.29 is 24.5 Å². The lowest BCUT2D eigenvalue weighted by molar-refractivity contribution is -0.145. The van der Waals surface area contributed by atoms with Crippen LogP contribution in [0.5, 0.6) is 0 Å². The topological polar surface area (TPSA) is 110 Å². The highest BCUT2D eigenvalue weighted by Crippen LogP contribution is 2.27. The standard InChI is InChI=1S/C23H33NO5S/c1-2-3-4-5-6-7-8-9-10-11-12-18-15-20(30-17-18)23(19(24)16-25)29-22(28)14-13-21(26)27/h13-15,17,19,23,25H,2-10,16,24H2,1H3,(H,26,27)/t19-,23?/m1/s1. The van der Waals surface area contributed by atoms with Gasteiger partial charge >= 0.3 is 11.9 Å². The van der Waals surface area contributed by atoms with Gasteiger partial charge in [-0.05, 0) is 12.5 Å². The van der Waals surface area contributed by atoms with E-state index < -0.39 is 24.1 Å². The SMILES string of the molecule is CCCCCCCCCCC#Cc1csc(C(OC(=O)C=CC(=O)O)[C@H](N)CO)c1. The fourth-order valence-corrected chi connectivity index (χ4v) is 3.78. The minimum absolute atomic E-state index is 0.377. The molecule has 0 aromatic carbocycles. The summed E-state index contributed by atoms with van der Waals surface area (Å²) in [6.45, 7) is 1.85. The quantitative estimate of drug-likeness (QED) is 0.175. The first kappa shape index (κ1) is 25.9. The first-order valence-corrected chi connectivity index (χ1v) is 11.4. The molecular weight excluding hydrogens is 402 g/mol. The number of rotatable bonds is 14. The highest BCUT2D eigenvalue weighted by Gasteiger charge is 2.24. The average Bonchev–Trinajstić information content (AvgIpc) is 3.19. The number of hydrogen-bond acceptors (Lipinski definition) is 6. The van der Waals surface area contributed by atoms with Crippen molar-refractivity contribution in [3.05, 3.63) is 34.0 Å². The van der Waals surface area contributed by atoms with Crippen LogP contribution in [0.15, 0.2) is 23.6 Å². The van der Waals surface area contributed by atoms with E-state index in [-0.39, 0.29) is 6.61 Å². The number of aliphatic carboxylic acids is 1. The van der Waals surface area contributed by atoms with Crippen LogP contribution in [0.1, 0.15) is 81.3 Å². The lowest BCUT2D eigenvalue weighted by Crippen LogP contribution is -2.34. The van der Waals surface area contributed by atoms with Crippen LogP contribution in [0.25, 0.3) is 0 Å². The van der Waals surface area contributed by atoms with Crippen LogP contribution in [0.3, 0.4) is 0 Å². The van der Waals surface area contributed by atoms with Gasteiger partial charge in [-0.2, -0.15) is 0 Å². The minimum atomic E-state index is -1.25. The molecule has 6 nitrogen and oxygen atoms in total. The van der Waals surface area contributed by atoms with Gasteiger partial charge in [0.2, 0.25) is 0 Å². The Morgan fingerprint density at radius 1 is 1.17 bits per heavy atom. The van der Waals surface area contributed by atoms with Crippen LogP contribution in [-0.4, -0.2) is 34.8 Å². The van der Waals surface area contributed by atoms with Gasteiger partial charge in [0.25, 0.3) is 0 Å². The Bertz CT molecular complexity index is 731. The molecular formula is C23H33NO5S. The van der Waals surface area contributed by atoms with Crippen molar-refractivity contribution in [3.63, 3.8) is 0 Å². The zero-order valence-corrected chi connectivity index (χ0v) is 18.5. The molecule has 4 N–H and O–H groups in total. The summed E-state index contributed by atoms with van der Waals surface area (Å²) in [5.41, 5.74) is 6.68. The second-order valence-corrected chi connectivity index (χ2v) is 8.08. The van der Waals surface area contributed by atoms with Crippen LogP contribution in [0.4, 0.5) is 0 Å². The van der Waals surface area contributed by atoms with Crippen molar-refractivity contribution in [2.24, 2.45) is 5.73 Å². The molecule has 0 aliphatic carbocycles. The summed E-state index contributed by atoms with van der Waals surface area (Å²) in [6, 6.07) is 0.976. The number of esters is 1. The molecule has 0 radical (unpaired) electrons. The Labute approximate surface area is 183 Å².